The molecule has 2 aromatic carbocycles. The Morgan fingerprint density at radius 3 is 1.93 bits per heavy atom. The van der Waals surface area contributed by atoms with E-state index in [-0.39, 0.29) is 17.0 Å². The SMILES string of the molecule is C=CCC1(O)[C@H]([CH2][Sn]([CH3])([CH3])[CH3])C[C@H](CO[Si](c2ccccc2)(c2ccccc2)C(C)(C)C)N1C(=O)OC(C)(C)C. The third kappa shape index (κ3) is 7.23. The van der Waals surface area contributed by atoms with Crippen LogP contribution in [0.15, 0.2) is 73.3 Å². The number of amides is 1. The molecule has 1 amide bonds. The molecule has 220 valence electrons. The van der Waals surface area contributed by atoms with Gasteiger partial charge >= 0.3 is 249 Å². The van der Waals surface area contributed by atoms with Crippen LogP contribution in [0.4, 0.5) is 4.79 Å². The Labute approximate surface area is 248 Å². The summed E-state index contributed by atoms with van der Waals surface area (Å²) in [6.07, 6.45) is 2.22. The second kappa shape index (κ2) is 12.3. The van der Waals surface area contributed by atoms with Crippen LogP contribution in [0, 0.1) is 5.92 Å². The molecule has 5 nitrogen and oxygen atoms in total. The Balaban J connectivity index is 2.12. The van der Waals surface area contributed by atoms with Crippen molar-refractivity contribution in [1.82, 2.24) is 4.90 Å². The molecule has 0 spiro atoms. The van der Waals surface area contributed by atoms with Gasteiger partial charge in [0.25, 0.3) is 0 Å². The van der Waals surface area contributed by atoms with Crippen molar-refractivity contribution in [2.75, 3.05) is 6.61 Å². The predicted octanol–water partition coefficient (Wildman–Crippen LogP) is 6.79. The van der Waals surface area contributed by atoms with Crippen molar-refractivity contribution in [3.8, 4) is 0 Å². The minimum atomic E-state index is -2.83. The molecule has 3 rings (SSSR count). The van der Waals surface area contributed by atoms with E-state index in [0.29, 0.717) is 19.4 Å². The van der Waals surface area contributed by atoms with E-state index in [9.17, 15) is 9.90 Å². The van der Waals surface area contributed by atoms with Gasteiger partial charge in [0.2, 0.25) is 0 Å². The maximum absolute atomic E-state index is 13.8. The van der Waals surface area contributed by atoms with Gasteiger partial charge in [-0.1, -0.05) is 0 Å². The van der Waals surface area contributed by atoms with Crippen molar-refractivity contribution in [3.63, 3.8) is 0 Å². The number of likely N-dealkylation sites (tertiary alicyclic amines) is 1. The van der Waals surface area contributed by atoms with E-state index in [2.05, 4.69) is 90.7 Å². The number of ether oxygens (including phenoxy) is 1. The molecule has 0 radical (unpaired) electrons. The summed E-state index contributed by atoms with van der Waals surface area (Å²) < 4.78 is 14.2. The molecule has 1 heterocycles. The molecule has 3 atom stereocenters. The molecular weight excluding hydrogens is 621 g/mol. The first-order valence-electron chi connectivity index (χ1n) is 14.6. The molecule has 40 heavy (non-hydrogen) atoms. The molecule has 2 aromatic rings. The van der Waals surface area contributed by atoms with Gasteiger partial charge in [0, 0.05) is 0 Å². The third-order valence-electron chi connectivity index (χ3n) is 7.80. The van der Waals surface area contributed by atoms with E-state index >= 15 is 0 Å². The summed E-state index contributed by atoms with van der Waals surface area (Å²) in [5, 5.41) is 14.5. The van der Waals surface area contributed by atoms with Crippen LogP contribution in [0.1, 0.15) is 54.4 Å². The molecule has 0 bridgehead atoms. The number of carbonyl (C=O) groups excluding carboxylic acids is 1. The first-order chi connectivity index (χ1) is 18.4. The Morgan fingerprint density at radius 1 is 1.02 bits per heavy atom. The normalized spacial score (nSPS) is 22.3. The zero-order valence-corrected chi connectivity index (χ0v) is 30.0. The number of aliphatic hydroxyl groups is 1. The number of benzene rings is 2. The van der Waals surface area contributed by atoms with Crippen LogP contribution in [-0.4, -0.2) is 66.8 Å². The van der Waals surface area contributed by atoms with Crippen LogP contribution in [0.3, 0.4) is 0 Å². The van der Waals surface area contributed by atoms with Crippen LogP contribution in [0.2, 0.25) is 24.3 Å². The Morgan fingerprint density at radius 2 is 1.52 bits per heavy atom. The molecule has 7 heteroatoms. The maximum atomic E-state index is 13.8. The quantitative estimate of drug-likeness (QED) is 0.236. The standard InChI is InChI=1S/C30H42NO4Si.3CH3.Sn/c1-9-20-30(33)23(2)21-24(31(30)27(32)35-28(3,4)5)22-34-36(29(6,7)8,25-16-12-10-13-17-25)26-18-14-11-15-19-26;;;;/h9-19,23-24,33H,1-2,20-22H2,3-8H3;3*1H3;/t23-,24-,30?;;;;/m1..../s1. The second-order valence-corrected chi connectivity index (χ2v) is 34.6. The van der Waals surface area contributed by atoms with Gasteiger partial charge in [0.1, 0.15) is 0 Å². The zero-order chi connectivity index (χ0) is 30.0. The fraction of sp³-hybridized carbons (Fsp3) is 0.545. The van der Waals surface area contributed by atoms with Gasteiger partial charge in [-0.25, -0.2) is 0 Å². The van der Waals surface area contributed by atoms with Gasteiger partial charge in [-0.2, -0.15) is 0 Å². The summed E-state index contributed by atoms with van der Waals surface area (Å²) in [5.74, 6) is -0.0541. The molecule has 1 unspecified atom stereocenters. The topological polar surface area (TPSA) is 59.0 Å². The number of carbonyl (C=O) groups is 1. The molecular formula is C33H51NO4SiSn. The van der Waals surface area contributed by atoms with Gasteiger partial charge < -0.3 is 0 Å². The van der Waals surface area contributed by atoms with E-state index in [1.807, 2.05) is 32.9 Å². The number of rotatable bonds is 9. The van der Waals surface area contributed by atoms with Crippen molar-refractivity contribution in [2.45, 2.75) is 96.0 Å². The molecule has 1 saturated heterocycles. The predicted molar refractivity (Wildman–Crippen MR) is 171 cm³/mol. The average molecular weight is 673 g/mol. The molecule has 0 aliphatic carbocycles. The minimum absolute atomic E-state index is 0.0541. The molecule has 1 aliphatic rings. The molecule has 1 fully saturated rings. The van der Waals surface area contributed by atoms with Gasteiger partial charge in [0.05, 0.1) is 0 Å². The second-order valence-electron chi connectivity index (χ2n) is 14.5. The van der Waals surface area contributed by atoms with E-state index < -0.39 is 44.1 Å². The van der Waals surface area contributed by atoms with Crippen LogP contribution in [0.25, 0.3) is 0 Å². The molecule has 0 aromatic heterocycles. The van der Waals surface area contributed by atoms with Crippen LogP contribution in [-0.2, 0) is 9.16 Å². The van der Waals surface area contributed by atoms with Crippen LogP contribution >= 0.6 is 0 Å². The molecule has 0 saturated carbocycles. The Kier molecular flexibility index (Phi) is 10.1. The first kappa shape index (κ1) is 32.9. The van der Waals surface area contributed by atoms with Crippen molar-refractivity contribution >= 4 is 43.2 Å². The summed E-state index contributed by atoms with van der Waals surface area (Å²) >= 11 is -2.37. The van der Waals surface area contributed by atoms with E-state index in [0.717, 1.165) is 4.44 Å². The van der Waals surface area contributed by atoms with E-state index in [1.165, 1.54) is 10.4 Å². The Hall–Kier alpha value is -1.61. The average Bonchev–Trinajstić information content (AvgIpc) is 3.08. The van der Waals surface area contributed by atoms with Gasteiger partial charge in [-0.15, -0.1) is 0 Å². The van der Waals surface area contributed by atoms with Gasteiger partial charge in [-0.05, 0) is 0 Å². The molecule has 1 aliphatic heterocycles. The Bertz CT molecular complexity index is 1100. The summed E-state index contributed by atoms with van der Waals surface area (Å²) in [6.45, 7) is 16.6. The summed E-state index contributed by atoms with van der Waals surface area (Å²) in [7, 11) is -2.83. The fourth-order valence-corrected chi connectivity index (χ4v) is 16.6. The van der Waals surface area contributed by atoms with E-state index in [1.54, 1.807) is 11.0 Å². The van der Waals surface area contributed by atoms with E-state index in [4.69, 9.17) is 9.16 Å². The van der Waals surface area contributed by atoms with Gasteiger partial charge in [-0.3, -0.25) is 0 Å². The zero-order valence-electron chi connectivity index (χ0n) is 26.2. The van der Waals surface area contributed by atoms with Crippen LogP contribution < -0.4 is 10.4 Å². The van der Waals surface area contributed by atoms with Crippen molar-refractivity contribution < 1.29 is 19.1 Å². The van der Waals surface area contributed by atoms with Crippen molar-refractivity contribution in [2.24, 2.45) is 5.92 Å². The number of hydrogen-bond acceptors (Lipinski definition) is 4. The monoisotopic (exact) mass is 673 g/mol. The summed E-state index contributed by atoms with van der Waals surface area (Å²) in [4.78, 5) is 22.6. The van der Waals surface area contributed by atoms with Crippen LogP contribution in [0.5, 0.6) is 0 Å². The first-order valence-corrected chi connectivity index (χ1v) is 27.0. The molecule has 1 N–H and O–H groups in total. The van der Waals surface area contributed by atoms with Gasteiger partial charge in [0.15, 0.2) is 0 Å². The fourth-order valence-electron chi connectivity index (χ4n) is 6.34. The van der Waals surface area contributed by atoms with Crippen molar-refractivity contribution in [1.29, 1.82) is 0 Å². The summed E-state index contributed by atoms with van der Waals surface area (Å²) in [5.41, 5.74) is -2.04. The third-order valence-corrected chi connectivity index (χ3v) is 17.7. The van der Waals surface area contributed by atoms with Crippen molar-refractivity contribution in [3.05, 3.63) is 73.3 Å². The number of nitrogens with zero attached hydrogens (tertiary/aromatic N) is 1. The summed E-state index contributed by atoms with van der Waals surface area (Å²) in [6, 6.07) is 20.8. The number of hydrogen-bond donors (Lipinski definition) is 1.